The van der Waals surface area contributed by atoms with E-state index in [9.17, 15) is 20.0 Å². The average molecular weight is 377 g/mol. The predicted octanol–water partition coefficient (Wildman–Crippen LogP) is 3.34. The topological polar surface area (TPSA) is 92.5 Å². The SMILES string of the molecule is COc1cc(/C=C/C(=O)c2ccccc2Br)cc([N+](=O)[O-])c1[O-]. The Labute approximate surface area is 140 Å². The van der Waals surface area contributed by atoms with Crippen molar-refractivity contribution in [1.82, 2.24) is 0 Å². The van der Waals surface area contributed by atoms with Crippen LogP contribution in [0.4, 0.5) is 5.69 Å². The van der Waals surface area contributed by atoms with Crippen molar-refractivity contribution in [1.29, 1.82) is 0 Å². The van der Waals surface area contributed by atoms with Crippen LogP contribution in [0, 0.1) is 10.1 Å². The molecule has 2 aromatic carbocycles. The van der Waals surface area contributed by atoms with Gasteiger partial charge in [-0.15, -0.1) is 0 Å². The van der Waals surface area contributed by atoms with Gasteiger partial charge in [-0.1, -0.05) is 34.1 Å². The number of methoxy groups -OCH3 is 1. The van der Waals surface area contributed by atoms with Crippen LogP contribution in [0.3, 0.4) is 0 Å². The van der Waals surface area contributed by atoms with Crippen LogP contribution >= 0.6 is 15.9 Å². The van der Waals surface area contributed by atoms with E-state index in [-0.39, 0.29) is 11.5 Å². The van der Waals surface area contributed by atoms with Crippen molar-refractivity contribution in [3.8, 4) is 11.5 Å². The molecule has 0 bridgehead atoms. The summed E-state index contributed by atoms with van der Waals surface area (Å²) in [5.41, 5.74) is 0.191. The lowest BCUT2D eigenvalue weighted by molar-refractivity contribution is -0.398. The van der Waals surface area contributed by atoms with Gasteiger partial charge in [-0.3, -0.25) is 14.9 Å². The average Bonchev–Trinajstić information content (AvgIpc) is 2.53. The molecule has 0 amide bonds. The van der Waals surface area contributed by atoms with E-state index in [0.29, 0.717) is 15.6 Å². The van der Waals surface area contributed by atoms with Gasteiger partial charge in [-0.2, -0.15) is 0 Å². The number of nitrogens with zero attached hydrogens (tertiary/aromatic N) is 1. The highest BCUT2D eigenvalue weighted by molar-refractivity contribution is 9.10. The van der Waals surface area contributed by atoms with Crippen molar-refractivity contribution in [2.45, 2.75) is 0 Å². The van der Waals surface area contributed by atoms with Gasteiger partial charge in [-0.25, -0.2) is 0 Å². The third kappa shape index (κ3) is 3.75. The number of nitro benzene ring substituents is 1. The molecule has 118 valence electrons. The molecule has 23 heavy (non-hydrogen) atoms. The van der Waals surface area contributed by atoms with Crippen LogP contribution in [0.5, 0.6) is 11.5 Å². The fourth-order valence-electron chi connectivity index (χ4n) is 1.91. The molecule has 0 aliphatic heterocycles. The van der Waals surface area contributed by atoms with Crippen LogP contribution in [0.15, 0.2) is 46.9 Å². The number of rotatable bonds is 5. The minimum Gasteiger partial charge on any atom is -0.865 e. The van der Waals surface area contributed by atoms with E-state index in [4.69, 9.17) is 4.74 Å². The lowest BCUT2D eigenvalue weighted by atomic mass is 10.1. The summed E-state index contributed by atoms with van der Waals surface area (Å²) in [4.78, 5) is 22.3. The lowest BCUT2D eigenvalue weighted by Crippen LogP contribution is -2.01. The second-order valence-corrected chi connectivity index (χ2v) is 5.36. The van der Waals surface area contributed by atoms with Crippen molar-refractivity contribution in [2.24, 2.45) is 0 Å². The van der Waals surface area contributed by atoms with Gasteiger partial charge in [0.25, 0.3) is 5.69 Å². The van der Waals surface area contributed by atoms with Crippen LogP contribution < -0.4 is 9.84 Å². The monoisotopic (exact) mass is 376 g/mol. The molecule has 0 aliphatic carbocycles. The van der Waals surface area contributed by atoms with Crippen molar-refractivity contribution < 1.29 is 19.6 Å². The van der Waals surface area contributed by atoms with Gasteiger partial charge in [0.05, 0.1) is 12.0 Å². The summed E-state index contributed by atoms with van der Waals surface area (Å²) in [5.74, 6) is -1.22. The number of hydrogen-bond donors (Lipinski definition) is 0. The molecule has 0 saturated carbocycles. The van der Waals surface area contributed by atoms with E-state index >= 15 is 0 Å². The molecule has 0 aromatic heterocycles. The Kier molecular flexibility index (Phi) is 5.13. The number of hydrogen-bond acceptors (Lipinski definition) is 5. The first-order chi connectivity index (χ1) is 10.9. The highest BCUT2D eigenvalue weighted by Crippen LogP contribution is 2.34. The standard InChI is InChI=1S/C16H12BrNO5/c1-23-15-9-10(8-13(16(15)20)18(21)22)6-7-14(19)11-4-2-3-5-12(11)17/h2-9,20H,1H3/p-1/b7-6+. The van der Waals surface area contributed by atoms with Gasteiger partial charge >= 0.3 is 0 Å². The molecule has 0 atom stereocenters. The first kappa shape index (κ1) is 16.7. The van der Waals surface area contributed by atoms with Crippen molar-refractivity contribution in [3.05, 3.63) is 68.2 Å². The number of carbonyl (C=O) groups excluding carboxylic acids is 1. The van der Waals surface area contributed by atoms with Gasteiger partial charge < -0.3 is 9.84 Å². The molecule has 2 aromatic rings. The Morgan fingerprint density at radius 2 is 2.00 bits per heavy atom. The van der Waals surface area contributed by atoms with Gasteiger partial charge in [0.2, 0.25) is 0 Å². The second kappa shape index (κ2) is 7.06. The first-order valence-corrected chi connectivity index (χ1v) is 7.23. The van der Waals surface area contributed by atoms with Crippen molar-refractivity contribution in [2.75, 3.05) is 7.11 Å². The quantitative estimate of drug-likeness (QED) is 0.345. The number of allylic oxidation sites excluding steroid dienone is 1. The summed E-state index contributed by atoms with van der Waals surface area (Å²) < 4.78 is 5.49. The number of halogens is 1. The summed E-state index contributed by atoms with van der Waals surface area (Å²) in [6, 6.07) is 9.35. The second-order valence-electron chi connectivity index (χ2n) is 4.51. The summed E-state index contributed by atoms with van der Waals surface area (Å²) in [6.45, 7) is 0. The van der Waals surface area contributed by atoms with Crippen LogP contribution in [0.25, 0.3) is 6.08 Å². The van der Waals surface area contributed by atoms with Gasteiger partial charge in [0, 0.05) is 21.9 Å². The third-order valence-corrected chi connectivity index (χ3v) is 3.73. The van der Waals surface area contributed by atoms with E-state index in [1.165, 1.54) is 25.3 Å². The molecule has 0 heterocycles. The molecule has 6 nitrogen and oxygen atoms in total. The maximum Gasteiger partial charge on any atom is 0.266 e. The third-order valence-electron chi connectivity index (χ3n) is 3.04. The molecule has 0 aliphatic rings. The Hall–Kier alpha value is -2.67. The maximum absolute atomic E-state index is 12.1. The number of ketones is 1. The minimum atomic E-state index is -0.799. The lowest BCUT2D eigenvalue weighted by Gasteiger charge is -2.13. The number of ether oxygens (including phenoxy) is 1. The maximum atomic E-state index is 12.1. The van der Waals surface area contributed by atoms with Crippen molar-refractivity contribution in [3.63, 3.8) is 0 Å². The summed E-state index contributed by atoms with van der Waals surface area (Å²) >= 11 is 3.28. The molecular formula is C16H11BrNO5-. The van der Waals surface area contributed by atoms with Gasteiger partial charge in [-0.05, 0) is 29.8 Å². The van der Waals surface area contributed by atoms with Crippen LogP contribution in [-0.4, -0.2) is 17.8 Å². The van der Waals surface area contributed by atoms with Gasteiger partial charge in [0.15, 0.2) is 5.78 Å². The van der Waals surface area contributed by atoms with E-state index in [2.05, 4.69) is 15.9 Å². The van der Waals surface area contributed by atoms with E-state index in [1.54, 1.807) is 24.3 Å². The zero-order valence-corrected chi connectivity index (χ0v) is 13.6. The first-order valence-electron chi connectivity index (χ1n) is 6.44. The molecule has 0 spiro atoms. The largest absolute Gasteiger partial charge is 0.865 e. The predicted molar refractivity (Wildman–Crippen MR) is 86.6 cm³/mol. The molecule has 0 unspecified atom stereocenters. The van der Waals surface area contributed by atoms with Crippen LogP contribution in [0.1, 0.15) is 15.9 Å². The molecular weight excluding hydrogens is 366 g/mol. The molecule has 7 heteroatoms. The Bertz CT molecular complexity index is 801. The van der Waals surface area contributed by atoms with Crippen LogP contribution in [0.2, 0.25) is 0 Å². The Morgan fingerprint density at radius 3 is 2.61 bits per heavy atom. The highest BCUT2D eigenvalue weighted by Gasteiger charge is 2.13. The smallest absolute Gasteiger partial charge is 0.266 e. The van der Waals surface area contributed by atoms with E-state index < -0.39 is 16.4 Å². The normalized spacial score (nSPS) is 10.7. The zero-order valence-electron chi connectivity index (χ0n) is 12.0. The number of nitro groups is 1. The van der Waals surface area contributed by atoms with Crippen LogP contribution in [-0.2, 0) is 0 Å². The Balaban J connectivity index is 2.36. The number of carbonyl (C=O) groups is 1. The molecule has 0 saturated heterocycles. The van der Waals surface area contributed by atoms with E-state index in [0.717, 1.165) is 6.07 Å². The fraction of sp³-hybridized carbons (Fsp3) is 0.0625. The molecule has 0 fully saturated rings. The Morgan fingerprint density at radius 1 is 1.30 bits per heavy atom. The zero-order chi connectivity index (χ0) is 17.0. The number of benzene rings is 2. The summed E-state index contributed by atoms with van der Waals surface area (Å²) in [5, 5.41) is 22.6. The summed E-state index contributed by atoms with van der Waals surface area (Å²) in [6.07, 6.45) is 2.68. The molecule has 0 N–H and O–H groups in total. The minimum absolute atomic E-state index is 0.146. The van der Waals surface area contributed by atoms with E-state index in [1.807, 2.05) is 0 Å². The molecule has 2 rings (SSSR count). The van der Waals surface area contributed by atoms with Gasteiger partial charge in [0.1, 0.15) is 5.75 Å². The molecule has 0 radical (unpaired) electrons. The highest BCUT2D eigenvalue weighted by atomic mass is 79.9. The summed E-state index contributed by atoms with van der Waals surface area (Å²) in [7, 11) is 1.25. The fourth-order valence-corrected chi connectivity index (χ4v) is 2.39. The van der Waals surface area contributed by atoms with Crippen molar-refractivity contribution >= 4 is 33.5 Å².